The summed E-state index contributed by atoms with van der Waals surface area (Å²) >= 11 is 11.1. The fourth-order valence-corrected chi connectivity index (χ4v) is 1.30. The SMILES string of the molecule is COc1c(Cl)cc(Cl)c(O)c1O. The van der Waals surface area contributed by atoms with Crippen molar-refractivity contribution < 1.29 is 14.9 Å². The van der Waals surface area contributed by atoms with Crippen molar-refractivity contribution in [1.29, 1.82) is 0 Å². The van der Waals surface area contributed by atoms with Crippen LogP contribution >= 0.6 is 23.2 Å². The van der Waals surface area contributed by atoms with Gasteiger partial charge >= 0.3 is 0 Å². The molecule has 0 atom stereocenters. The van der Waals surface area contributed by atoms with Gasteiger partial charge in [0.05, 0.1) is 17.2 Å². The Bertz CT molecular complexity index is 312. The highest BCUT2D eigenvalue weighted by Gasteiger charge is 2.15. The van der Waals surface area contributed by atoms with E-state index in [-0.39, 0.29) is 15.8 Å². The summed E-state index contributed by atoms with van der Waals surface area (Å²) in [6.07, 6.45) is 0. The van der Waals surface area contributed by atoms with Gasteiger partial charge in [-0.05, 0) is 6.07 Å². The largest absolute Gasteiger partial charge is 0.503 e. The average Bonchev–Trinajstić information content (AvgIpc) is 2.01. The molecule has 0 spiro atoms. The zero-order valence-corrected chi connectivity index (χ0v) is 7.65. The molecule has 0 unspecified atom stereocenters. The number of phenols is 2. The molecule has 0 aliphatic rings. The van der Waals surface area contributed by atoms with Crippen molar-refractivity contribution in [1.82, 2.24) is 0 Å². The predicted molar refractivity (Wildman–Crippen MR) is 46.3 cm³/mol. The van der Waals surface area contributed by atoms with E-state index in [0.29, 0.717) is 0 Å². The van der Waals surface area contributed by atoms with Gasteiger partial charge in [-0.1, -0.05) is 23.2 Å². The predicted octanol–water partition coefficient (Wildman–Crippen LogP) is 2.41. The second-order valence-corrected chi connectivity index (χ2v) is 2.89. The van der Waals surface area contributed by atoms with Gasteiger partial charge in [0.25, 0.3) is 0 Å². The summed E-state index contributed by atoms with van der Waals surface area (Å²) in [6.45, 7) is 0. The topological polar surface area (TPSA) is 49.7 Å². The molecule has 0 heterocycles. The van der Waals surface area contributed by atoms with Crippen LogP contribution < -0.4 is 4.74 Å². The zero-order valence-electron chi connectivity index (χ0n) is 6.14. The van der Waals surface area contributed by atoms with Crippen molar-refractivity contribution in [2.24, 2.45) is 0 Å². The Hall–Kier alpha value is -0.800. The van der Waals surface area contributed by atoms with E-state index in [1.807, 2.05) is 0 Å². The molecule has 12 heavy (non-hydrogen) atoms. The lowest BCUT2D eigenvalue weighted by Crippen LogP contribution is -1.85. The summed E-state index contributed by atoms with van der Waals surface area (Å²) < 4.78 is 4.71. The Morgan fingerprint density at radius 1 is 1.17 bits per heavy atom. The monoisotopic (exact) mass is 208 g/mol. The van der Waals surface area contributed by atoms with E-state index in [1.54, 1.807) is 0 Å². The molecular weight excluding hydrogens is 203 g/mol. The second-order valence-electron chi connectivity index (χ2n) is 2.07. The van der Waals surface area contributed by atoms with E-state index in [4.69, 9.17) is 33.0 Å². The molecule has 1 aromatic rings. The Kier molecular flexibility index (Phi) is 2.55. The summed E-state index contributed by atoms with van der Waals surface area (Å²) in [7, 11) is 1.33. The first-order valence-corrected chi connectivity index (χ1v) is 3.77. The number of phenolic OH excluding ortho intramolecular Hbond substituents is 2. The molecule has 3 nitrogen and oxygen atoms in total. The molecule has 0 amide bonds. The molecule has 1 rings (SSSR count). The third-order valence-corrected chi connectivity index (χ3v) is 1.91. The number of methoxy groups -OCH3 is 1. The van der Waals surface area contributed by atoms with Crippen LogP contribution in [0.15, 0.2) is 6.07 Å². The first kappa shape index (κ1) is 9.29. The Morgan fingerprint density at radius 2 is 1.75 bits per heavy atom. The van der Waals surface area contributed by atoms with Gasteiger partial charge in [0, 0.05) is 0 Å². The first-order chi connectivity index (χ1) is 5.57. The number of halogens is 2. The standard InChI is InChI=1S/C7H6Cl2O3/c1-12-7-4(9)2-3(8)5(10)6(7)11/h2,10-11H,1H3. The van der Waals surface area contributed by atoms with Crippen LogP contribution in [-0.2, 0) is 0 Å². The van der Waals surface area contributed by atoms with Gasteiger partial charge in [-0.3, -0.25) is 0 Å². The van der Waals surface area contributed by atoms with Gasteiger partial charge in [-0.2, -0.15) is 0 Å². The molecule has 0 saturated heterocycles. The maximum atomic E-state index is 9.22. The number of aromatic hydroxyl groups is 2. The van der Waals surface area contributed by atoms with E-state index >= 15 is 0 Å². The summed E-state index contributed by atoms with van der Waals surface area (Å²) in [5.41, 5.74) is 0. The van der Waals surface area contributed by atoms with E-state index in [1.165, 1.54) is 13.2 Å². The Morgan fingerprint density at radius 3 is 2.25 bits per heavy atom. The lowest BCUT2D eigenvalue weighted by atomic mass is 10.3. The maximum Gasteiger partial charge on any atom is 0.203 e. The van der Waals surface area contributed by atoms with E-state index in [0.717, 1.165) is 0 Å². The van der Waals surface area contributed by atoms with Crippen molar-refractivity contribution in [2.75, 3.05) is 7.11 Å². The lowest BCUT2D eigenvalue weighted by Gasteiger charge is -2.07. The first-order valence-electron chi connectivity index (χ1n) is 3.01. The van der Waals surface area contributed by atoms with Gasteiger partial charge in [0.1, 0.15) is 0 Å². The highest BCUT2D eigenvalue weighted by Crippen LogP contribution is 2.45. The molecule has 0 aliphatic heterocycles. The van der Waals surface area contributed by atoms with Crippen LogP contribution in [0.1, 0.15) is 0 Å². The van der Waals surface area contributed by atoms with Gasteiger partial charge in [0.2, 0.25) is 5.75 Å². The third-order valence-electron chi connectivity index (χ3n) is 1.34. The normalized spacial score (nSPS) is 9.92. The van der Waals surface area contributed by atoms with Crippen LogP contribution in [0.3, 0.4) is 0 Å². The minimum atomic E-state index is -0.449. The van der Waals surface area contributed by atoms with E-state index in [2.05, 4.69) is 0 Å². The third kappa shape index (κ3) is 1.38. The van der Waals surface area contributed by atoms with Gasteiger partial charge in [-0.15, -0.1) is 0 Å². The number of ether oxygens (including phenoxy) is 1. The van der Waals surface area contributed by atoms with Crippen molar-refractivity contribution in [3.8, 4) is 17.2 Å². The number of hydrogen-bond donors (Lipinski definition) is 2. The number of rotatable bonds is 1. The van der Waals surface area contributed by atoms with Gasteiger partial charge < -0.3 is 14.9 Å². The fourth-order valence-electron chi connectivity index (χ4n) is 0.773. The van der Waals surface area contributed by atoms with Crippen molar-refractivity contribution in [2.45, 2.75) is 0 Å². The van der Waals surface area contributed by atoms with Gasteiger partial charge in [0.15, 0.2) is 11.5 Å². The minimum absolute atomic E-state index is 0.0126. The minimum Gasteiger partial charge on any atom is -0.503 e. The Labute approximate surface area is 79.1 Å². The highest BCUT2D eigenvalue weighted by molar-refractivity contribution is 6.36. The molecule has 5 heteroatoms. The molecular formula is C7H6Cl2O3. The molecule has 0 aliphatic carbocycles. The van der Waals surface area contributed by atoms with Gasteiger partial charge in [-0.25, -0.2) is 0 Å². The molecule has 0 saturated carbocycles. The summed E-state index contributed by atoms with van der Waals surface area (Å²) in [6, 6.07) is 1.29. The van der Waals surface area contributed by atoms with Crippen LogP contribution in [0, 0.1) is 0 Å². The summed E-state index contributed by atoms with van der Waals surface area (Å²) in [5.74, 6) is -0.869. The average molecular weight is 209 g/mol. The van der Waals surface area contributed by atoms with E-state index in [9.17, 15) is 5.11 Å². The van der Waals surface area contributed by atoms with Crippen LogP contribution in [-0.4, -0.2) is 17.3 Å². The van der Waals surface area contributed by atoms with Crippen LogP contribution in [0.5, 0.6) is 17.2 Å². The summed E-state index contributed by atoms with van der Waals surface area (Å²) in [5, 5.41) is 18.5. The fraction of sp³-hybridized carbons (Fsp3) is 0.143. The van der Waals surface area contributed by atoms with Crippen LogP contribution in [0.2, 0.25) is 10.0 Å². The van der Waals surface area contributed by atoms with Crippen LogP contribution in [0.25, 0.3) is 0 Å². The maximum absolute atomic E-state index is 9.22. The highest BCUT2D eigenvalue weighted by atomic mass is 35.5. The molecule has 0 fully saturated rings. The molecule has 1 aromatic carbocycles. The Balaban J connectivity index is 3.40. The van der Waals surface area contributed by atoms with Crippen molar-refractivity contribution in [3.63, 3.8) is 0 Å². The lowest BCUT2D eigenvalue weighted by molar-refractivity contribution is 0.351. The quantitative estimate of drug-likeness (QED) is 0.698. The van der Waals surface area contributed by atoms with Crippen molar-refractivity contribution in [3.05, 3.63) is 16.1 Å². The molecule has 66 valence electrons. The van der Waals surface area contributed by atoms with Crippen LogP contribution in [0.4, 0.5) is 0 Å². The number of benzene rings is 1. The van der Waals surface area contributed by atoms with Crippen molar-refractivity contribution >= 4 is 23.2 Å². The second kappa shape index (κ2) is 3.29. The summed E-state index contributed by atoms with van der Waals surface area (Å²) in [4.78, 5) is 0. The smallest absolute Gasteiger partial charge is 0.203 e. The zero-order chi connectivity index (χ0) is 9.30. The number of hydrogen-bond acceptors (Lipinski definition) is 3. The van der Waals surface area contributed by atoms with E-state index < -0.39 is 11.5 Å². The molecule has 0 bridgehead atoms. The molecule has 2 N–H and O–H groups in total. The molecule has 0 radical (unpaired) electrons. The molecule has 0 aromatic heterocycles.